The molecule has 2 unspecified atom stereocenters. The molecule has 1 aromatic rings. The number of anilines is 2. The number of hydrogen-bond acceptors (Lipinski definition) is 7. The van der Waals surface area contributed by atoms with Crippen LogP contribution in [0, 0.1) is 0 Å². The smallest absolute Gasteiger partial charge is 0.185 e. The Hall–Kier alpha value is -0.860. The van der Waals surface area contributed by atoms with Crippen LogP contribution in [0.25, 0.3) is 0 Å². The monoisotopic (exact) mass is 319 g/mol. The number of rotatable bonds is 6. The van der Waals surface area contributed by atoms with E-state index in [2.05, 4.69) is 9.69 Å². The molecule has 114 valence electrons. The molecule has 0 radical (unpaired) electrons. The van der Waals surface area contributed by atoms with Crippen LogP contribution in [0.5, 0.6) is 0 Å². The fraction of sp³-hybridized carbons (Fsp3) is 0.750. The average molecular weight is 319 g/mol. The second-order valence-electron chi connectivity index (χ2n) is 5.00. The summed E-state index contributed by atoms with van der Waals surface area (Å²) in [6.07, 6.45) is 3.69. The molecule has 2 atom stereocenters. The zero-order chi connectivity index (χ0) is 14.8. The highest BCUT2D eigenvalue weighted by molar-refractivity contribution is 7.91. The van der Waals surface area contributed by atoms with Crippen molar-refractivity contribution in [2.24, 2.45) is 0 Å². The van der Waals surface area contributed by atoms with E-state index in [-0.39, 0.29) is 28.6 Å². The molecule has 0 aromatic carbocycles. The first kappa shape index (κ1) is 15.5. The van der Waals surface area contributed by atoms with Crippen LogP contribution in [-0.2, 0) is 14.6 Å². The maximum absolute atomic E-state index is 12.3. The Morgan fingerprint density at radius 3 is 2.90 bits per heavy atom. The minimum Gasteiger partial charge on any atom is -0.382 e. The van der Waals surface area contributed by atoms with Crippen LogP contribution in [0.1, 0.15) is 32.6 Å². The van der Waals surface area contributed by atoms with Gasteiger partial charge in [-0.2, -0.15) is 4.37 Å². The largest absolute Gasteiger partial charge is 0.382 e. The Kier molecular flexibility index (Phi) is 4.87. The Morgan fingerprint density at radius 2 is 2.25 bits per heavy atom. The number of methoxy groups -OCH3 is 1. The van der Waals surface area contributed by atoms with Gasteiger partial charge in [-0.3, -0.25) is 0 Å². The van der Waals surface area contributed by atoms with E-state index in [9.17, 15) is 8.42 Å². The summed E-state index contributed by atoms with van der Waals surface area (Å²) in [5.41, 5.74) is 5.75. The van der Waals surface area contributed by atoms with Gasteiger partial charge < -0.3 is 15.8 Å². The lowest BCUT2D eigenvalue weighted by molar-refractivity contribution is 0.101. The highest BCUT2D eigenvalue weighted by Gasteiger charge is 2.31. The van der Waals surface area contributed by atoms with E-state index >= 15 is 0 Å². The number of sulfone groups is 1. The minimum atomic E-state index is -3.37. The van der Waals surface area contributed by atoms with Crippen LogP contribution in [-0.4, -0.2) is 37.8 Å². The second kappa shape index (κ2) is 6.28. The number of aromatic nitrogens is 1. The number of nitrogens with zero attached hydrogens (tertiary/aromatic N) is 1. The predicted molar refractivity (Wildman–Crippen MR) is 80.9 cm³/mol. The van der Waals surface area contributed by atoms with E-state index in [1.165, 1.54) is 0 Å². The second-order valence-corrected chi connectivity index (χ2v) is 7.82. The van der Waals surface area contributed by atoms with Crippen LogP contribution in [0.15, 0.2) is 4.90 Å². The molecule has 2 rings (SSSR count). The van der Waals surface area contributed by atoms with Gasteiger partial charge in [0.05, 0.1) is 17.9 Å². The van der Waals surface area contributed by atoms with Crippen molar-refractivity contribution in [1.29, 1.82) is 0 Å². The highest BCUT2D eigenvalue weighted by Crippen LogP contribution is 2.35. The Morgan fingerprint density at radius 1 is 1.50 bits per heavy atom. The van der Waals surface area contributed by atoms with Crippen LogP contribution >= 0.6 is 11.5 Å². The highest BCUT2D eigenvalue weighted by atomic mass is 32.2. The van der Waals surface area contributed by atoms with Crippen molar-refractivity contribution in [2.75, 3.05) is 23.9 Å². The fourth-order valence-electron chi connectivity index (χ4n) is 2.60. The van der Waals surface area contributed by atoms with E-state index < -0.39 is 9.84 Å². The Labute approximate surface area is 123 Å². The van der Waals surface area contributed by atoms with Gasteiger partial charge in [-0.1, -0.05) is 6.92 Å². The van der Waals surface area contributed by atoms with Gasteiger partial charge in [0.1, 0.15) is 9.90 Å². The molecule has 6 nitrogen and oxygen atoms in total. The van der Waals surface area contributed by atoms with Gasteiger partial charge in [0.25, 0.3) is 0 Å². The first-order valence-electron chi connectivity index (χ1n) is 6.76. The first-order valence-corrected chi connectivity index (χ1v) is 9.19. The molecule has 0 bridgehead atoms. The summed E-state index contributed by atoms with van der Waals surface area (Å²) in [7, 11) is -1.69. The van der Waals surface area contributed by atoms with Gasteiger partial charge in [0, 0.05) is 7.11 Å². The zero-order valence-electron chi connectivity index (χ0n) is 11.8. The van der Waals surface area contributed by atoms with E-state index in [0.29, 0.717) is 11.4 Å². The van der Waals surface area contributed by atoms with Crippen molar-refractivity contribution in [3.63, 3.8) is 0 Å². The fourth-order valence-corrected chi connectivity index (χ4v) is 5.27. The lowest BCUT2D eigenvalue weighted by atomic mass is 10.2. The summed E-state index contributed by atoms with van der Waals surface area (Å²) in [6, 6.07) is 0.121. The molecule has 3 N–H and O–H groups in total. The molecular formula is C12H21N3O3S2. The van der Waals surface area contributed by atoms with Crippen molar-refractivity contribution >= 4 is 32.2 Å². The van der Waals surface area contributed by atoms with Crippen molar-refractivity contribution in [3.05, 3.63) is 0 Å². The number of ether oxygens (including phenoxy) is 1. The number of nitrogens with one attached hydrogen (secondary N) is 1. The maximum Gasteiger partial charge on any atom is 0.185 e. The number of nitrogen functional groups attached to an aromatic ring is 1. The maximum atomic E-state index is 12.3. The molecule has 1 aliphatic rings. The molecule has 1 aromatic heterocycles. The van der Waals surface area contributed by atoms with Gasteiger partial charge >= 0.3 is 0 Å². The zero-order valence-corrected chi connectivity index (χ0v) is 13.4. The molecule has 1 heterocycles. The molecule has 8 heteroatoms. The molecular weight excluding hydrogens is 298 g/mol. The van der Waals surface area contributed by atoms with Gasteiger partial charge in [-0.25, -0.2) is 8.42 Å². The summed E-state index contributed by atoms with van der Waals surface area (Å²) in [6.45, 7) is 1.83. The molecule has 20 heavy (non-hydrogen) atoms. The van der Waals surface area contributed by atoms with Crippen molar-refractivity contribution < 1.29 is 13.2 Å². The molecule has 1 aliphatic carbocycles. The Balaban J connectivity index is 2.25. The molecule has 0 spiro atoms. The Bertz CT molecular complexity index is 556. The van der Waals surface area contributed by atoms with Crippen molar-refractivity contribution in [3.8, 4) is 0 Å². The summed E-state index contributed by atoms with van der Waals surface area (Å²) in [5.74, 6) is 0.181. The molecule has 1 saturated carbocycles. The third-order valence-corrected chi connectivity index (χ3v) is 6.43. The van der Waals surface area contributed by atoms with Gasteiger partial charge in [-0.15, -0.1) is 0 Å². The summed E-state index contributed by atoms with van der Waals surface area (Å²) in [5, 5.41) is 3.81. The third-order valence-electron chi connectivity index (χ3n) is 3.53. The standard InChI is InChI=1S/C12H21N3O3S2/c1-3-7-20(16,17)10-11(13)15-19-12(10)14-8-5-4-6-9(8)18-2/h8-9,14H,3-7H2,1-2H3,(H2,13,15). The molecule has 0 amide bonds. The number of nitrogens with two attached hydrogens (primary N) is 1. The third kappa shape index (κ3) is 3.07. The van der Waals surface area contributed by atoms with Crippen LogP contribution < -0.4 is 11.1 Å². The summed E-state index contributed by atoms with van der Waals surface area (Å²) >= 11 is 1.11. The quantitative estimate of drug-likeness (QED) is 0.831. The normalized spacial score (nSPS) is 23.1. The van der Waals surface area contributed by atoms with Crippen molar-refractivity contribution in [1.82, 2.24) is 4.37 Å². The van der Waals surface area contributed by atoms with Gasteiger partial charge in [0.2, 0.25) is 0 Å². The van der Waals surface area contributed by atoms with Crippen LogP contribution in [0.2, 0.25) is 0 Å². The topological polar surface area (TPSA) is 94.3 Å². The van der Waals surface area contributed by atoms with E-state index in [1.807, 2.05) is 6.92 Å². The SMILES string of the molecule is CCCS(=O)(=O)c1c(N)nsc1NC1CCCC1OC. The molecule has 0 saturated heterocycles. The summed E-state index contributed by atoms with van der Waals surface area (Å²) < 4.78 is 34.0. The molecule has 1 fully saturated rings. The van der Waals surface area contributed by atoms with E-state index in [1.54, 1.807) is 7.11 Å². The lowest BCUT2D eigenvalue weighted by Crippen LogP contribution is -2.30. The lowest BCUT2D eigenvalue weighted by Gasteiger charge is -2.20. The minimum absolute atomic E-state index is 0.0860. The van der Waals surface area contributed by atoms with E-state index in [0.717, 1.165) is 30.8 Å². The van der Waals surface area contributed by atoms with Gasteiger partial charge in [0.15, 0.2) is 15.7 Å². The number of hydrogen-bond donors (Lipinski definition) is 2. The van der Waals surface area contributed by atoms with Gasteiger partial charge in [-0.05, 0) is 37.2 Å². The summed E-state index contributed by atoms with van der Waals surface area (Å²) in [4.78, 5) is 0.158. The molecule has 0 aliphatic heterocycles. The van der Waals surface area contributed by atoms with Crippen molar-refractivity contribution in [2.45, 2.75) is 49.6 Å². The van der Waals surface area contributed by atoms with Crippen LogP contribution in [0.4, 0.5) is 10.8 Å². The average Bonchev–Trinajstić information content (AvgIpc) is 2.96. The first-order chi connectivity index (χ1) is 9.49. The van der Waals surface area contributed by atoms with E-state index in [4.69, 9.17) is 10.5 Å². The van der Waals surface area contributed by atoms with Crippen LogP contribution in [0.3, 0.4) is 0 Å². The predicted octanol–water partition coefficient (Wildman–Crippen LogP) is 1.89.